The van der Waals surface area contributed by atoms with E-state index < -0.39 is 0 Å². The Morgan fingerprint density at radius 3 is 2.00 bits per heavy atom. The van der Waals surface area contributed by atoms with Crippen molar-refractivity contribution in [2.75, 3.05) is 0 Å². The highest BCUT2D eigenvalue weighted by Crippen LogP contribution is 2.30. The normalized spacial score (nSPS) is 10.4. The molecule has 3 nitrogen and oxygen atoms in total. The van der Waals surface area contributed by atoms with Crippen molar-refractivity contribution in [2.45, 2.75) is 0 Å². The SMILES string of the molecule is N#Cc1ccc(-c2cc(-c3ccco3)cc(-c3ccccc3)n2)cc1. The number of nitrogens with zero attached hydrogens (tertiary/aromatic N) is 2. The molecule has 0 aliphatic rings. The molecule has 0 aliphatic carbocycles. The fourth-order valence-corrected chi connectivity index (χ4v) is 2.74. The van der Waals surface area contributed by atoms with E-state index in [9.17, 15) is 0 Å². The summed E-state index contributed by atoms with van der Waals surface area (Å²) in [6.07, 6.45) is 1.67. The van der Waals surface area contributed by atoms with Gasteiger partial charge >= 0.3 is 0 Å². The third kappa shape index (κ3) is 3.06. The summed E-state index contributed by atoms with van der Waals surface area (Å²) >= 11 is 0. The van der Waals surface area contributed by atoms with Gasteiger partial charge in [-0.1, -0.05) is 42.5 Å². The van der Waals surface area contributed by atoms with E-state index in [0.717, 1.165) is 33.8 Å². The number of hydrogen-bond donors (Lipinski definition) is 0. The second-order valence-electron chi connectivity index (χ2n) is 5.66. The molecule has 0 bridgehead atoms. The fraction of sp³-hybridized carbons (Fsp3) is 0. The van der Waals surface area contributed by atoms with E-state index >= 15 is 0 Å². The van der Waals surface area contributed by atoms with Crippen molar-refractivity contribution in [1.82, 2.24) is 4.98 Å². The molecule has 3 heteroatoms. The van der Waals surface area contributed by atoms with E-state index in [1.807, 2.05) is 66.7 Å². The molecule has 0 aliphatic heterocycles. The zero-order chi connectivity index (χ0) is 17.1. The van der Waals surface area contributed by atoms with Crippen molar-refractivity contribution < 1.29 is 4.42 Å². The Kier molecular flexibility index (Phi) is 3.86. The van der Waals surface area contributed by atoms with Gasteiger partial charge in [0.1, 0.15) is 5.76 Å². The van der Waals surface area contributed by atoms with E-state index in [-0.39, 0.29) is 0 Å². The molecular formula is C22H14N2O. The van der Waals surface area contributed by atoms with Gasteiger partial charge in [0.05, 0.1) is 29.3 Å². The smallest absolute Gasteiger partial charge is 0.134 e. The molecule has 0 saturated heterocycles. The lowest BCUT2D eigenvalue weighted by atomic mass is 10.0. The van der Waals surface area contributed by atoms with Crippen LogP contribution in [0, 0.1) is 11.3 Å². The zero-order valence-electron chi connectivity index (χ0n) is 13.4. The van der Waals surface area contributed by atoms with Crippen LogP contribution in [0.15, 0.2) is 89.5 Å². The Hall–Kier alpha value is -3.64. The molecule has 25 heavy (non-hydrogen) atoms. The standard InChI is InChI=1S/C22H14N2O/c23-15-16-8-10-18(11-9-16)21-14-19(22-7-4-12-25-22)13-20(24-21)17-5-2-1-3-6-17/h1-14H. The minimum absolute atomic E-state index is 0.634. The van der Waals surface area contributed by atoms with Gasteiger partial charge in [-0.3, -0.25) is 0 Å². The maximum Gasteiger partial charge on any atom is 0.134 e. The first kappa shape index (κ1) is 14.9. The highest BCUT2D eigenvalue weighted by atomic mass is 16.3. The van der Waals surface area contributed by atoms with Gasteiger partial charge in [0.15, 0.2) is 0 Å². The second-order valence-corrected chi connectivity index (χ2v) is 5.66. The van der Waals surface area contributed by atoms with Crippen LogP contribution >= 0.6 is 0 Å². The topological polar surface area (TPSA) is 49.8 Å². The maximum atomic E-state index is 8.98. The minimum atomic E-state index is 0.634. The van der Waals surface area contributed by atoms with Gasteiger partial charge in [-0.25, -0.2) is 4.98 Å². The molecule has 2 aromatic heterocycles. The van der Waals surface area contributed by atoms with Gasteiger partial charge in [-0.2, -0.15) is 5.26 Å². The molecule has 118 valence electrons. The van der Waals surface area contributed by atoms with Crippen LogP contribution in [0.4, 0.5) is 0 Å². The maximum absolute atomic E-state index is 8.98. The predicted molar refractivity (Wildman–Crippen MR) is 97.5 cm³/mol. The highest BCUT2D eigenvalue weighted by Gasteiger charge is 2.10. The average molecular weight is 322 g/mol. The van der Waals surface area contributed by atoms with Gasteiger partial charge in [-0.15, -0.1) is 0 Å². The van der Waals surface area contributed by atoms with Crippen molar-refractivity contribution in [3.05, 3.63) is 90.7 Å². The first-order valence-electron chi connectivity index (χ1n) is 7.95. The van der Waals surface area contributed by atoms with Crippen LogP contribution in [-0.4, -0.2) is 4.98 Å². The molecule has 4 rings (SSSR count). The van der Waals surface area contributed by atoms with Gasteiger partial charge < -0.3 is 4.42 Å². The third-order valence-electron chi connectivity index (χ3n) is 4.01. The van der Waals surface area contributed by atoms with E-state index in [4.69, 9.17) is 14.7 Å². The van der Waals surface area contributed by atoms with Crippen LogP contribution in [-0.2, 0) is 0 Å². The Morgan fingerprint density at radius 1 is 0.720 bits per heavy atom. The van der Waals surface area contributed by atoms with Crippen molar-refractivity contribution in [1.29, 1.82) is 5.26 Å². The number of aromatic nitrogens is 1. The van der Waals surface area contributed by atoms with Crippen molar-refractivity contribution in [3.63, 3.8) is 0 Å². The van der Waals surface area contributed by atoms with Crippen LogP contribution in [0.25, 0.3) is 33.8 Å². The monoisotopic (exact) mass is 322 g/mol. The van der Waals surface area contributed by atoms with E-state index in [0.29, 0.717) is 5.56 Å². The van der Waals surface area contributed by atoms with E-state index in [1.165, 1.54) is 0 Å². The average Bonchev–Trinajstić information content (AvgIpc) is 3.23. The summed E-state index contributed by atoms with van der Waals surface area (Å²) in [5.74, 6) is 0.800. The summed E-state index contributed by atoms with van der Waals surface area (Å²) in [5.41, 5.74) is 5.34. The number of benzene rings is 2. The second kappa shape index (κ2) is 6.46. The summed E-state index contributed by atoms with van der Waals surface area (Å²) in [6, 6.07) is 27.5. The summed E-state index contributed by atoms with van der Waals surface area (Å²) in [4.78, 5) is 4.81. The number of hydrogen-bond acceptors (Lipinski definition) is 3. The molecule has 0 spiro atoms. The fourth-order valence-electron chi connectivity index (χ4n) is 2.74. The number of rotatable bonds is 3. The van der Waals surface area contributed by atoms with Crippen LogP contribution in [0.5, 0.6) is 0 Å². The zero-order valence-corrected chi connectivity index (χ0v) is 13.4. The van der Waals surface area contributed by atoms with Crippen LogP contribution in [0.2, 0.25) is 0 Å². The Balaban J connectivity index is 1.88. The highest BCUT2D eigenvalue weighted by molar-refractivity contribution is 5.74. The lowest BCUT2D eigenvalue weighted by Gasteiger charge is -2.09. The van der Waals surface area contributed by atoms with Crippen LogP contribution in [0.3, 0.4) is 0 Å². The molecule has 0 unspecified atom stereocenters. The molecule has 0 atom stereocenters. The lowest BCUT2D eigenvalue weighted by Crippen LogP contribution is -1.90. The first-order chi connectivity index (χ1) is 12.3. The number of nitriles is 1. The molecule has 4 aromatic rings. The van der Waals surface area contributed by atoms with Crippen LogP contribution < -0.4 is 0 Å². The molecular weight excluding hydrogens is 308 g/mol. The summed E-state index contributed by atoms with van der Waals surface area (Å²) < 4.78 is 5.57. The molecule has 0 amide bonds. The van der Waals surface area contributed by atoms with E-state index in [1.54, 1.807) is 18.4 Å². The molecule has 2 aromatic carbocycles. The number of furan rings is 1. The largest absolute Gasteiger partial charge is 0.464 e. The summed E-state index contributed by atoms with van der Waals surface area (Å²) in [7, 11) is 0. The molecule has 0 fully saturated rings. The third-order valence-corrected chi connectivity index (χ3v) is 4.01. The molecule has 0 radical (unpaired) electrons. The molecule has 0 N–H and O–H groups in total. The predicted octanol–water partition coefficient (Wildman–Crippen LogP) is 5.55. The quantitative estimate of drug-likeness (QED) is 0.497. The van der Waals surface area contributed by atoms with Gasteiger partial charge in [0.2, 0.25) is 0 Å². The van der Waals surface area contributed by atoms with Gasteiger partial charge in [-0.05, 0) is 36.4 Å². The Bertz CT molecular complexity index is 1030. The minimum Gasteiger partial charge on any atom is -0.464 e. The lowest BCUT2D eigenvalue weighted by molar-refractivity contribution is 0.582. The van der Waals surface area contributed by atoms with Gasteiger partial charge in [0, 0.05) is 16.7 Å². The van der Waals surface area contributed by atoms with Crippen LogP contribution in [0.1, 0.15) is 5.56 Å². The Labute approximate surface area is 145 Å². The van der Waals surface area contributed by atoms with Crippen molar-refractivity contribution in [3.8, 4) is 39.9 Å². The number of pyridine rings is 1. The first-order valence-corrected chi connectivity index (χ1v) is 7.95. The van der Waals surface area contributed by atoms with Gasteiger partial charge in [0.25, 0.3) is 0 Å². The Morgan fingerprint density at radius 2 is 1.40 bits per heavy atom. The summed E-state index contributed by atoms with van der Waals surface area (Å²) in [5, 5.41) is 8.98. The summed E-state index contributed by atoms with van der Waals surface area (Å²) in [6.45, 7) is 0. The van der Waals surface area contributed by atoms with E-state index in [2.05, 4.69) is 6.07 Å². The molecule has 0 saturated carbocycles. The molecule has 2 heterocycles. The van der Waals surface area contributed by atoms with Crippen molar-refractivity contribution >= 4 is 0 Å². The van der Waals surface area contributed by atoms with Crippen molar-refractivity contribution in [2.24, 2.45) is 0 Å².